The third-order valence-electron chi connectivity index (χ3n) is 5.32. The first-order valence-corrected chi connectivity index (χ1v) is 10.6. The summed E-state index contributed by atoms with van der Waals surface area (Å²) in [4.78, 5) is 15.0. The minimum Gasteiger partial charge on any atom is -0.345 e. The van der Waals surface area contributed by atoms with Crippen molar-refractivity contribution in [1.29, 1.82) is 0 Å². The second-order valence-corrected chi connectivity index (χ2v) is 7.90. The van der Waals surface area contributed by atoms with Gasteiger partial charge in [-0.1, -0.05) is 54.6 Å². The molecule has 0 aliphatic carbocycles. The van der Waals surface area contributed by atoms with Gasteiger partial charge in [-0.3, -0.25) is 0 Å². The number of nitrogens with zero attached hydrogens (tertiary/aromatic N) is 2. The Labute approximate surface area is 187 Å². The van der Waals surface area contributed by atoms with Crippen LogP contribution in [0.15, 0.2) is 97.2 Å². The van der Waals surface area contributed by atoms with Crippen molar-refractivity contribution < 1.29 is 9.18 Å². The van der Waals surface area contributed by atoms with Crippen molar-refractivity contribution in [3.63, 3.8) is 0 Å². The molecule has 0 bridgehead atoms. The molecule has 2 amide bonds. The Morgan fingerprint density at radius 2 is 1.66 bits per heavy atom. The molecule has 0 radical (unpaired) electrons. The van der Waals surface area contributed by atoms with Crippen molar-refractivity contribution in [2.45, 2.75) is 26.6 Å². The van der Waals surface area contributed by atoms with Crippen LogP contribution in [0.4, 0.5) is 14.9 Å². The number of aryl methyl sites for hydroxylation is 1. The molecule has 1 N–H and O–H groups in total. The zero-order chi connectivity index (χ0) is 22.3. The lowest BCUT2D eigenvalue weighted by atomic mass is 10.2. The molecular weight excluding hydrogens is 401 g/mol. The largest absolute Gasteiger partial charge is 0.345 e. The van der Waals surface area contributed by atoms with E-state index in [4.69, 9.17) is 0 Å². The van der Waals surface area contributed by atoms with E-state index in [-0.39, 0.29) is 11.8 Å². The fourth-order valence-corrected chi connectivity index (χ4v) is 3.66. The van der Waals surface area contributed by atoms with E-state index in [0.717, 1.165) is 28.1 Å². The predicted molar refractivity (Wildman–Crippen MR) is 126 cm³/mol. The standard InChI is InChI=1S/C27H26FN3O/c1-21-7-5-10-25(17-21)29-27(32)31(19-22-8-3-2-4-9-22)20-26-11-6-16-30(26)18-23-12-14-24(28)15-13-23/h2-17H,18-20H2,1H3,(H,29,32). The molecule has 0 aliphatic heterocycles. The quantitative estimate of drug-likeness (QED) is 0.374. The summed E-state index contributed by atoms with van der Waals surface area (Å²) in [5, 5.41) is 3.03. The number of aromatic nitrogens is 1. The van der Waals surface area contributed by atoms with Gasteiger partial charge >= 0.3 is 6.03 Å². The molecule has 4 nitrogen and oxygen atoms in total. The van der Waals surface area contributed by atoms with Gasteiger partial charge in [0.25, 0.3) is 0 Å². The Morgan fingerprint density at radius 1 is 0.875 bits per heavy atom. The highest BCUT2D eigenvalue weighted by molar-refractivity contribution is 5.89. The average molecular weight is 428 g/mol. The highest BCUT2D eigenvalue weighted by Gasteiger charge is 2.17. The molecule has 162 valence electrons. The zero-order valence-electron chi connectivity index (χ0n) is 18.0. The van der Waals surface area contributed by atoms with Gasteiger partial charge in [-0.15, -0.1) is 0 Å². The van der Waals surface area contributed by atoms with Gasteiger partial charge in [0.05, 0.1) is 6.54 Å². The van der Waals surface area contributed by atoms with E-state index >= 15 is 0 Å². The van der Waals surface area contributed by atoms with Crippen molar-refractivity contribution in [3.05, 3.63) is 125 Å². The fourth-order valence-electron chi connectivity index (χ4n) is 3.66. The summed E-state index contributed by atoms with van der Waals surface area (Å²) in [6.07, 6.45) is 1.98. The molecule has 1 aromatic heterocycles. The van der Waals surface area contributed by atoms with Crippen LogP contribution in [-0.2, 0) is 19.6 Å². The van der Waals surface area contributed by atoms with Crippen molar-refractivity contribution in [3.8, 4) is 0 Å². The van der Waals surface area contributed by atoms with Crippen molar-refractivity contribution >= 4 is 11.7 Å². The monoisotopic (exact) mass is 427 g/mol. The summed E-state index contributed by atoms with van der Waals surface area (Å²) in [6.45, 7) is 3.54. The minimum atomic E-state index is -0.247. The Kier molecular flexibility index (Phi) is 6.66. The lowest BCUT2D eigenvalue weighted by molar-refractivity contribution is 0.205. The van der Waals surface area contributed by atoms with Gasteiger partial charge in [-0.2, -0.15) is 0 Å². The van der Waals surface area contributed by atoms with E-state index in [1.807, 2.05) is 79.9 Å². The van der Waals surface area contributed by atoms with Crippen LogP contribution in [0, 0.1) is 12.7 Å². The number of carbonyl (C=O) groups excluding carboxylic acids is 1. The number of rotatable bonds is 7. The topological polar surface area (TPSA) is 37.3 Å². The van der Waals surface area contributed by atoms with Gasteiger partial charge < -0.3 is 14.8 Å². The highest BCUT2D eigenvalue weighted by Crippen LogP contribution is 2.16. The molecule has 1 heterocycles. The highest BCUT2D eigenvalue weighted by atomic mass is 19.1. The number of halogens is 1. The summed E-state index contributed by atoms with van der Waals surface area (Å²) in [6, 6.07) is 28.1. The molecule has 0 unspecified atom stereocenters. The molecule has 0 atom stereocenters. The fraction of sp³-hybridized carbons (Fsp3) is 0.148. The third kappa shape index (κ3) is 5.64. The SMILES string of the molecule is Cc1cccc(NC(=O)N(Cc2ccccc2)Cc2cccn2Cc2ccc(F)cc2)c1. The molecule has 0 saturated carbocycles. The second kappa shape index (κ2) is 9.96. The molecule has 32 heavy (non-hydrogen) atoms. The number of hydrogen-bond acceptors (Lipinski definition) is 1. The van der Waals surface area contributed by atoms with Crippen LogP contribution in [0.5, 0.6) is 0 Å². The Balaban J connectivity index is 1.54. The molecule has 0 spiro atoms. The Bertz CT molecular complexity index is 1170. The molecule has 0 aliphatic rings. The number of anilines is 1. The van der Waals surface area contributed by atoms with Crippen LogP contribution in [0.2, 0.25) is 0 Å². The number of urea groups is 1. The number of nitrogens with one attached hydrogen (secondary N) is 1. The van der Waals surface area contributed by atoms with Gasteiger partial charge in [-0.05, 0) is 60.0 Å². The Morgan fingerprint density at radius 3 is 2.41 bits per heavy atom. The van der Waals surface area contributed by atoms with Crippen LogP contribution in [0.1, 0.15) is 22.4 Å². The first-order chi connectivity index (χ1) is 15.6. The molecule has 4 aromatic rings. The number of hydrogen-bond donors (Lipinski definition) is 1. The molecular formula is C27H26FN3O. The number of amides is 2. The molecule has 5 heteroatoms. The summed E-state index contributed by atoms with van der Waals surface area (Å²) in [5.41, 5.74) is 4.93. The summed E-state index contributed by atoms with van der Waals surface area (Å²) >= 11 is 0. The maximum atomic E-state index is 13.3. The van der Waals surface area contributed by atoms with E-state index in [0.29, 0.717) is 19.6 Å². The maximum Gasteiger partial charge on any atom is 0.322 e. The third-order valence-corrected chi connectivity index (χ3v) is 5.32. The summed E-state index contributed by atoms with van der Waals surface area (Å²) in [5.74, 6) is -0.247. The normalized spacial score (nSPS) is 10.7. The molecule has 0 saturated heterocycles. The van der Waals surface area contributed by atoms with Crippen molar-refractivity contribution in [2.24, 2.45) is 0 Å². The van der Waals surface area contributed by atoms with Crippen molar-refractivity contribution in [1.82, 2.24) is 9.47 Å². The van der Waals surface area contributed by atoms with Gasteiger partial charge in [0.1, 0.15) is 5.82 Å². The first kappa shape index (κ1) is 21.4. The second-order valence-electron chi connectivity index (χ2n) is 7.90. The van der Waals surface area contributed by atoms with E-state index < -0.39 is 0 Å². The molecule has 3 aromatic carbocycles. The van der Waals surface area contributed by atoms with E-state index in [9.17, 15) is 9.18 Å². The minimum absolute atomic E-state index is 0.158. The van der Waals surface area contributed by atoms with Crippen LogP contribution >= 0.6 is 0 Å². The molecule has 4 rings (SSSR count). The van der Waals surface area contributed by atoms with Gasteiger partial charge in [-0.25, -0.2) is 9.18 Å². The van der Waals surface area contributed by atoms with E-state index in [1.165, 1.54) is 12.1 Å². The van der Waals surface area contributed by atoms with Gasteiger partial charge in [0.2, 0.25) is 0 Å². The first-order valence-electron chi connectivity index (χ1n) is 10.6. The van der Waals surface area contributed by atoms with Gasteiger partial charge in [0.15, 0.2) is 0 Å². The lowest BCUT2D eigenvalue weighted by Gasteiger charge is -2.24. The maximum absolute atomic E-state index is 13.3. The number of benzene rings is 3. The smallest absolute Gasteiger partial charge is 0.322 e. The van der Waals surface area contributed by atoms with Crippen LogP contribution in [-0.4, -0.2) is 15.5 Å². The zero-order valence-corrected chi connectivity index (χ0v) is 18.0. The Hall–Kier alpha value is -3.86. The average Bonchev–Trinajstić information content (AvgIpc) is 3.22. The summed E-state index contributed by atoms with van der Waals surface area (Å²) in [7, 11) is 0. The summed E-state index contributed by atoms with van der Waals surface area (Å²) < 4.78 is 15.3. The van der Waals surface area contributed by atoms with Crippen LogP contribution < -0.4 is 5.32 Å². The lowest BCUT2D eigenvalue weighted by Crippen LogP contribution is -2.34. The van der Waals surface area contributed by atoms with E-state index in [1.54, 1.807) is 17.0 Å². The van der Waals surface area contributed by atoms with E-state index in [2.05, 4.69) is 9.88 Å². The van der Waals surface area contributed by atoms with Gasteiger partial charge in [0, 0.05) is 30.7 Å². The predicted octanol–water partition coefficient (Wildman–Crippen LogP) is 6.22. The van der Waals surface area contributed by atoms with Crippen molar-refractivity contribution in [2.75, 3.05) is 5.32 Å². The number of carbonyl (C=O) groups is 1. The van der Waals surface area contributed by atoms with Crippen LogP contribution in [0.3, 0.4) is 0 Å². The molecule has 0 fully saturated rings. The van der Waals surface area contributed by atoms with Crippen LogP contribution in [0.25, 0.3) is 0 Å².